The molecule has 2 aliphatic rings. The van der Waals surface area contributed by atoms with Crippen molar-refractivity contribution in [2.45, 2.75) is 64.1 Å². The summed E-state index contributed by atoms with van der Waals surface area (Å²) in [6, 6.07) is 16.1. The number of hydrogen-bond donors (Lipinski definition) is 2. The number of carbonyl (C=O) groups excluding carboxylic acids is 3. The number of nitrogens with two attached hydrogens (primary N) is 1. The van der Waals surface area contributed by atoms with Crippen LogP contribution >= 0.6 is 0 Å². The largest absolute Gasteiger partial charge is 0.443 e. The average Bonchev–Trinajstić information content (AvgIpc) is 3.59. The van der Waals surface area contributed by atoms with Gasteiger partial charge < -0.3 is 20.7 Å². The van der Waals surface area contributed by atoms with Crippen LogP contribution in [0, 0.1) is 5.92 Å². The minimum absolute atomic E-state index is 0.0611. The van der Waals surface area contributed by atoms with Crippen LogP contribution in [0.25, 0.3) is 0 Å². The molecule has 1 saturated heterocycles. The molecule has 0 spiro atoms. The maximum atomic E-state index is 12.8. The lowest BCUT2D eigenvalue weighted by atomic mass is 10.0. The smallest absolute Gasteiger partial charge is 0.435 e. The molecule has 1 atom stereocenters. The number of carbonyl (C=O) groups is 3. The second-order valence-corrected chi connectivity index (χ2v) is 9.55. The van der Waals surface area contributed by atoms with Crippen LogP contribution in [0.4, 0.5) is 4.79 Å². The van der Waals surface area contributed by atoms with E-state index in [0.29, 0.717) is 37.4 Å². The van der Waals surface area contributed by atoms with E-state index in [1.807, 2.05) is 42.5 Å². The highest BCUT2D eigenvalue weighted by Gasteiger charge is 2.34. The summed E-state index contributed by atoms with van der Waals surface area (Å²) in [4.78, 5) is 43.2. The summed E-state index contributed by atoms with van der Waals surface area (Å²) in [7, 11) is 0. The predicted octanol–water partition coefficient (Wildman–Crippen LogP) is 3.92. The van der Waals surface area contributed by atoms with Crippen LogP contribution in [0.2, 0.25) is 0 Å². The highest BCUT2D eigenvalue weighted by atomic mass is 16.5. The Morgan fingerprint density at radius 1 is 0.944 bits per heavy atom. The zero-order chi connectivity index (χ0) is 25.3. The molecule has 3 N–H and O–H groups in total. The fourth-order valence-corrected chi connectivity index (χ4v) is 4.93. The molecule has 0 unspecified atom stereocenters. The molecule has 8 nitrogen and oxygen atoms in total. The molecule has 0 radical (unpaired) electrons. The van der Waals surface area contributed by atoms with Gasteiger partial charge in [0.15, 0.2) is 0 Å². The van der Waals surface area contributed by atoms with Crippen molar-refractivity contribution in [3.05, 3.63) is 71.3 Å². The van der Waals surface area contributed by atoms with Gasteiger partial charge in [0, 0.05) is 25.1 Å². The van der Waals surface area contributed by atoms with Gasteiger partial charge in [-0.3, -0.25) is 9.59 Å². The summed E-state index contributed by atoms with van der Waals surface area (Å²) < 4.78 is 5.14. The van der Waals surface area contributed by atoms with Crippen molar-refractivity contribution in [3.8, 4) is 0 Å². The molecule has 4 rings (SSSR count). The molecule has 2 aromatic rings. The molecule has 8 heteroatoms. The quantitative estimate of drug-likeness (QED) is 0.430. The third kappa shape index (κ3) is 6.93. The van der Waals surface area contributed by atoms with Gasteiger partial charge >= 0.3 is 6.09 Å². The molecule has 1 heterocycles. The van der Waals surface area contributed by atoms with Crippen LogP contribution in [-0.2, 0) is 27.5 Å². The van der Waals surface area contributed by atoms with Crippen LogP contribution in [0.1, 0.15) is 61.6 Å². The van der Waals surface area contributed by atoms with E-state index in [1.54, 1.807) is 17.0 Å². The summed E-state index contributed by atoms with van der Waals surface area (Å²) >= 11 is 0. The Bertz CT molecular complexity index is 1080. The Balaban J connectivity index is 1.25. The Morgan fingerprint density at radius 2 is 1.67 bits per heavy atom. The minimum Gasteiger partial charge on any atom is -0.443 e. The average molecular weight is 491 g/mol. The van der Waals surface area contributed by atoms with E-state index in [2.05, 4.69) is 10.3 Å². The molecular weight excluding hydrogens is 456 g/mol. The molecule has 190 valence electrons. The van der Waals surface area contributed by atoms with Crippen molar-refractivity contribution in [3.63, 3.8) is 0 Å². The number of hydrogen-bond acceptors (Lipinski definition) is 4. The first-order valence-electron chi connectivity index (χ1n) is 12.7. The van der Waals surface area contributed by atoms with Crippen LogP contribution in [0.3, 0.4) is 0 Å². The molecule has 1 saturated carbocycles. The Hall–Kier alpha value is -3.68. The van der Waals surface area contributed by atoms with Gasteiger partial charge in [0.2, 0.25) is 11.8 Å². The summed E-state index contributed by atoms with van der Waals surface area (Å²) in [5.74, 6) is 0.535. The normalized spacial score (nSPS) is 18.3. The van der Waals surface area contributed by atoms with E-state index in [-0.39, 0.29) is 30.3 Å². The third-order valence-corrected chi connectivity index (χ3v) is 6.95. The standard InChI is InChI=1S/C28H34N4O4/c29-26(31-28(35)36-19-22-9-2-1-3-10-22)23-14-12-21(13-15-23)18-30-27(34)24-11-6-16-32(24)25(33)17-20-7-4-5-8-20/h1-3,9-10,12-15,20,24H,4-8,11,16-19H2,(H,30,34)(H2,29,31,35)/t24-/m0/s1. The third-order valence-electron chi connectivity index (χ3n) is 6.95. The molecule has 1 aliphatic heterocycles. The van der Waals surface area contributed by atoms with E-state index < -0.39 is 6.09 Å². The first-order chi connectivity index (χ1) is 17.5. The summed E-state index contributed by atoms with van der Waals surface area (Å²) in [6.07, 6.45) is 6.02. The van der Waals surface area contributed by atoms with Gasteiger partial charge in [-0.15, -0.1) is 0 Å². The number of likely N-dealkylation sites (tertiary alicyclic amines) is 1. The van der Waals surface area contributed by atoms with E-state index in [0.717, 1.165) is 30.4 Å². The molecular formula is C28H34N4O4. The molecule has 1 aliphatic carbocycles. The fraction of sp³-hybridized carbons (Fsp3) is 0.429. The van der Waals surface area contributed by atoms with E-state index in [1.165, 1.54) is 12.8 Å². The van der Waals surface area contributed by atoms with Gasteiger partial charge in [-0.05, 0) is 42.7 Å². The second kappa shape index (κ2) is 12.3. The van der Waals surface area contributed by atoms with Gasteiger partial charge in [-0.1, -0.05) is 67.4 Å². The summed E-state index contributed by atoms with van der Waals surface area (Å²) in [5, 5.41) is 2.96. The molecule has 0 aromatic heterocycles. The minimum atomic E-state index is -0.753. The van der Waals surface area contributed by atoms with Crippen molar-refractivity contribution in [1.82, 2.24) is 10.2 Å². The van der Waals surface area contributed by atoms with E-state index in [9.17, 15) is 14.4 Å². The maximum absolute atomic E-state index is 12.8. The van der Waals surface area contributed by atoms with Crippen molar-refractivity contribution in [2.75, 3.05) is 6.54 Å². The molecule has 2 fully saturated rings. The molecule has 36 heavy (non-hydrogen) atoms. The Labute approximate surface area is 211 Å². The lowest BCUT2D eigenvalue weighted by Crippen LogP contribution is -2.46. The van der Waals surface area contributed by atoms with Gasteiger partial charge in [0.1, 0.15) is 18.5 Å². The lowest BCUT2D eigenvalue weighted by Gasteiger charge is -2.25. The molecule has 0 bridgehead atoms. The Kier molecular flexibility index (Phi) is 8.71. The van der Waals surface area contributed by atoms with Gasteiger partial charge in [0.05, 0.1) is 0 Å². The highest BCUT2D eigenvalue weighted by Crippen LogP contribution is 2.29. The van der Waals surface area contributed by atoms with E-state index in [4.69, 9.17) is 10.5 Å². The second-order valence-electron chi connectivity index (χ2n) is 9.55. The van der Waals surface area contributed by atoms with Gasteiger partial charge in [0.25, 0.3) is 0 Å². The lowest BCUT2D eigenvalue weighted by molar-refractivity contribution is -0.139. The zero-order valence-electron chi connectivity index (χ0n) is 20.5. The van der Waals surface area contributed by atoms with Crippen LogP contribution < -0.4 is 11.1 Å². The van der Waals surface area contributed by atoms with Crippen molar-refractivity contribution < 1.29 is 19.1 Å². The monoisotopic (exact) mass is 490 g/mol. The number of nitrogens with zero attached hydrogens (tertiary/aromatic N) is 2. The SMILES string of the molecule is N/C(=N\C(=O)OCc1ccccc1)c1ccc(CNC(=O)[C@@H]2CCCN2C(=O)CC2CCCC2)cc1. The molecule has 3 amide bonds. The van der Waals surface area contributed by atoms with Crippen molar-refractivity contribution in [2.24, 2.45) is 16.6 Å². The number of rotatable bonds is 8. The number of amides is 3. The van der Waals surface area contributed by atoms with Gasteiger partial charge in [-0.2, -0.15) is 4.99 Å². The topological polar surface area (TPSA) is 114 Å². The van der Waals surface area contributed by atoms with Crippen LogP contribution in [0.5, 0.6) is 0 Å². The van der Waals surface area contributed by atoms with E-state index >= 15 is 0 Å². The van der Waals surface area contributed by atoms with Gasteiger partial charge in [-0.25, -0.2) is 4.79 Å². The fourth-order valence-electron chi connectivity index (χ4n) is 4.93. The molecule has 2 aromatic carbocycles. The maximum Gasteiger partial charge on any atom is 0.435 e. The predicted molar refractivity (Wildman–Crippen MR) is 137 cm³/mol. The summed E-state index contributed by atoms with van der Waals surface area (Å²) in [6.45, 7) is 1.13. The zero-order valence-corrected chi connectivity index (χ0v) is 20.5. The first-order valence-corrected chi connectivity index (χ1v) is 12.7. The van der Waals surface area contributed by atoms with Crippen molar-refractivity contribution in [1.29, 1.82) is 0 Å². The number of aliphatic imine (C=N–C) groups is 1. The number of ether oxygens (including phenoxy) is 1. The summed E-state index contributed by atoms with van der Waals surface area (Å²) in [5.41, 5.74) is 8.30. The van der Waals surface area contributed by atoms with Crippen molar-refractivity contribution >= 4 is 23.7 Å². The number of nitrogens with one attached hydrogen (secondary N) is 1. The van der Waals surface area contributed by atoms with Crippen LogP contribution in [0.15, 0.2) is 59.6 Å². The Morgan fingerprint density at radius 3 is 2.39 bits per heavy atom. The van der Waals surface area contributed by atoms with Crippen LogP contribution in [-0.4, -0.2) is 41.2 Å². The number of benzene rings is 2. The first kappa shape index (κ1) is 25.4. The number of amidine groups is 1. The highest BCUT2D eigenvalue weighted by molar-refractivity contribution is 6.02.